The summed E-state index contributed by atoms with van der Waals surface area (Å²) in [7, 11) is 0. The summed E-state index contributed by atoms with van der Waals surface area (Å²) >= 11 is 0. The number of anilines is 1. The Hall–Kier alpha value is -5.51. The number of amides is 7. The number of fused-ring (bicyclic) bond motifs is 2. The Labute approximate surface area is 326 Å². The lowest BCUT2D eigenvalue weighted by Gasteiger charge is -2.32. The maximum absolute atomic E-state index is 14.1. The van der Waals surface area contributed by atoms with Crippen molar-refractivity contribution < 1.29 is 43.8 Å². The van der Waals surface area contributed by atoms with Crippen LogP contribution < -0.4 is 31.9 Å². The zero-order valence-electron chi connectivity index (χ0n) is 32.8. The van der Waals surface area contributed by atoms with Gasteiger partial charge in [0.25, 0.3) is 5.91 Å². The Kier molecular flexibility index (Phi) is 15.0. The first-order valence-electron chi connectivity index (χ1n) is 19.2. The molecule has 304 valence electrons. The molecule has 0 saturated carbocycles. The van der Waals surface area contributed by atoms with Gasteiger partial charge >= 0.3 is 0 Å². The van der Waals surface area contributed by atoms with Crippen LogP contribution in [-0.2, 0) is 35.2 Å². The van der Waals surface area contributed by atoms with E-state index in [-0.39, 0.29) is 35.9 Å². The van der Waals surface area contributed by atoms with Crippen LogP contribution >= 0.6 is 0 Å². The summed E-state index contributed by atoms with van der Waals surface area (Å²) in [6, 6.07) is 4.93. The topological polar surface area (TPSA) is 235 Å². The lowest BCUT2D eigenvalue weighted by Crippen LogP contribution is -2.62. The monoisotopic (exact) mass is 777 g/mol. The second-order valence-electron chi connectivity index (χ2n) is 14.8. The fourth-order valence-electron chi connectivity index (χ4n) is 6.74. The SMILES string of the molecule is CCC(C)C1NC(=O)c2ccccc2NC(=O)C2CCCN2C(=O)C(C(C)CC)NC(=O)C(C)NC(=O)C(C(C)O)NC(=O)C(Cc2ccc(O)cc2)NC1=O. The molecule has 56 heavy (non-hydrogen) atoms. The number of nitrogens with zero attached hydrogens (tertiary/aromatic N) is 1. The Bertz CT molecular complexity index is 1770. The number of benzene rings is 2. The third-order valence-electron chi connectivity index (χ3n) is 10.7. The Balaban J connectivity index is 1.78. The number of aromatic hydroxyl groups is 1. The molecular weight excluding hydrogens is 722 g/mol. The lowest BCUT2D eigenvalue weighted by atomic mass is 9.96. The van der Waals surface area contributed by atoms with Crippen molar-refractivity contribution in [1.82, 2.24) is 31.5 Å². The molecule has 2 aliphatic heterocycles. The Morgan fingerprint density at radius 3 is 1.96 bits per heavy atom. The van der Waals surface area contributed by atoms with Gasteiger partial charge in [-0.05, 0) is 68.4 Å². The van der Waals surface area contributed by atoms with Crippen LogP contribution in [-0.4, -0.2) is 105 Å². The molecule has 0 spiro atoms. The van der Waals surface area contributed by atoms with Gasteiger partial charge in [0.05, 0.1) is 17.4 Å². The third-order valence-corrected chi connectivity index (χ3v) is 10.7. The van der Waals surface area contributed by atoms with Gasteiger partial charge in [0.1, 0.15) is 42.0 Å². The normalized spacial score (nSPS) is 26.3. The second kappa shape index (κ2) is 19.4. The quantitative estimate of drug-likeness (QED) is 0.201. The molecule has 2 aromatic carbocycles. The van der Waals surface area contributed by atoms with Crippen LogP contribution in [0.4, 0.5) is 5.69 Å². The molecule has 1 fully saturated rings. The molecule has 0 bridgehead atoms. The first-order chi connectivity index (χ1) is 26.6. The van der Waals surface area contributed by atoms with Crippen LogP contribution in [0.2, 0.25) is 0 Å². The molecule has 2 aromatic rings. The number of aliphatic hydroxyl groups excluding tert-OH is 1. The average molecular weight is 778 g/mol. The number of carbonyl (C=O) groups excluding carboxylic acids is 7. The molecule has 0 aromatic heterocycles. The standard InChI is InChI=1S/C40H55N7O9/c1-7-21(3)31-38(54)43-29(20-25-15-17-26(49)18-16-25)36(52)46-33(24(6)48)39(55)41-23(5)34(50)45-32(22(4)8-2)40(56)47-19-11-14-30(47)37(53)42-28-13-10-9-12-27(28)35(51)44-31/h9-10,12-13,15-18,21-24,29-33,48-49H,7-8,11,14,19-20H2,1-6H3,(H,41,55)(H,42,53)(H,43,54)(H,44,51)(H,45,50)(H,46,52). The number of carbonyl (C=O) groups is 7. The van der Waals surface area contributed by atoms with E-state index in [9.17, 15) is 43.8 Å². The molecule has 1 saturated heterocycles. The van der Waals surface area contributed by atoms with Crippen molar-refractivity contribution in [3.63, 3.8) is 0 Å². The third kappa shape index (κ3) is 10.6. The van der Waals surface area contributed by atoms with Gasteiger partial charge in [0.15, 0.2) is 0 Å². The minimum Gasteiger partial charge on any atom is -0.508 e. The minimum atomic E-state index is -1.58. The highest BCUT2D eigenvalue weighted by molar-refractivity contribution is 6.07. The second-order valence-corrected chi connectivity index (χ2v) is 14.8. The van der Waals surface area contributed by atoms with Crippen LogP contribution in [0.25, 0.3) is 0 Å². The summed E-state index contributed by atoms with van der Waals surface area (Å²) in [5, 5.41) is 36.6. The number of nitrogens with one attached hydrogen (secondary N) is 6. The van der Waals surface area contributed by atoms with Crippen molar-refractivity contribution in [1.29, 1.82) is 0 Å². The van der Waals surface area contributed by atoms with E-state index in [0.717, 1.165) is 0 Å². The molecule has 2 heterocycles. The van der Waals surface area contributed by atoms with Gasteiger partial charge in [-0.25, -0.2) is 0 Å². The number of hydrogen-bond acceptors (Lipinski definition) is 9. The van der Waals surface area contributed by atoms with Crippen LogP contribution in [0.15, 0.2) is 48.5 Å². The Morgan fingerprint density at radius 2 is 1.32 bits per heavy atom. The highest BCUT2D eigenvalue weighted by Gasteiger charge is 2.41. The van der Waals surface area contributed by atoms with Crippen LogP contribution in [0.5, 0.6) is 5.75 Å². The Morgan fingerprint density at radius 1 is 0.714 bits per heavy atom. The first kappa shape index (κ1) is 43.2. The number of aliphatic hydroxyl groups is 1. The van der Waals surface area contributed by atoms with Gasteiger partial charge in [-0.3, -0.25) is 33.6 Å². The van der Waals surface area contributed by atoms with E-state index in [1.807, 2.05) is 13.8 Å². The van der Waals surface area contributed by atoms with Crippen molar-refractivity contribution >= 4 is 47.0 Å². The highest BCUT2D eigenvalue weighted by Crippen LogP contribution is 2.25. The number of rotatable bonds is 7. The molecule has 7 amide bonds. The molecule has 2 aliphatic rings. The summed E-state index contributed by atoms with van der Waals surface area (Å²) in [6.45, 7) is 10.1. The predicted octanol–water partition coefficient (Wildman–Crippen LogP) is 1.11. The van der Waals surface area contributed by atoms with Crippen LogP contribution in [0.1, 0.15) is 83.1 Å². The van der Waals surface area contributed by atoms with Crippen molar-refractivity contribution in [3.8, 4) is 5.75 Å². The van der Waals surface area contributed by atoms with E-state index in [0.29, 0.717) is 31.2 Å². The molecular formula is C40H55N7O9. The van der Waals surface area contributed by atoms with Gasteiger partial charge in [-0.15, -0.1) is 0 Å². The average Bonchev–Trinajstić information content (AvgIpc) is 3.67. The van der Waals surface area contributed by atoms with Crippen molar-refractivity contribution in [3.05, 3.63) is 59.7 Å². The number of hydrogen-bond donors (Lipinski definition) is 8. The molecule has 16 nitrogen and oxygen atoms in total. The van der Waals surface area contributed by atoms with E-state index in [1.54, 1.807) is 44.2 Å². The molecule has 8 N–H and O–H groups in total. The summed E-state index contributed by atoms with van der Waals surface area (Å²) < 4.78 is 0. The maximum atomic E-state index is 14.1. The van der Waals surface area contributed by atoms with Gasteiger partial charge in [-0.1, -0.05) is 64.8 Å². The van der Waals surface area contributed by atoms with Crippen LogP contribution in [0.3, 0.4) is 0 Å². The zero-order valence-corrected chi connectivity index (χ0v) is 32.8. The maximum Gasteiger partial charge on any atom is 0.254 e. The van der Waals surface area contributed by atoms with E-state index in [4.69, 9.17) is 0 Å². The molecule has 4 rings (SSSR count). The summed E-state index contributed by atoms with van der Waals surface area (Å²) in [5.41, 5.74) is 0.751. The van der Waals surface area contributed by atoms with E-state index >= 15 is 0 Å². The fourth-order valence-corrected chi connectivity index (χ4v) is 6.74. The van der Waals surface area contributed by atoms with E-state index < -0.39 is 89.6 Å². The largest absolute Gasteiger partial charge is 0.508 e. The predicted molar refractivity (Wildman–Crippen MR) is 207 cm³/mol. The number of phenols is 1. The van der Waals surface area contributed by atoms with E-state index in [1.165, 1.54) is 36.9 Å². The number of phenolic OH excluding ortho intramolecular Hbond substituents is 1. The molecule has 0 radical (unpaired) electrons. The van der Waals surface area contributed by atoms with Gasteiger partial charge < -0.3 is 47.0 Å². The molecule has 9 unspecified atom stereocenters. The summed E-state index contributed by atoms with van der Waals surface area (Å²) in [5.74, 6) is -5.69. The van der Waals surface area contributed by atoms with Crippen molar-refractivity contribution in [2.24, 2.45) is 11.8 Å². The first-order valence-corrected chi connectivity index (χ1v) is 19.2. The summed E-state index contributed by atoms with van der Waals surface area (Å²) in [4.78, 5) is 98.4. The molecule has 16 heteroatoms. The molecule has 0 aliphatic carbocycles. The van der Waals surface area contributed by atoms with Gasteiger partial charge in [-0.2, -0.15) is 0 Å². The minimum absolute atomic E-state index is 0.0230. The summed E-state index contributed by atoms with van der Waals surface area (Å²) in [6.07, 6.45) is 0.249. The van der Waals surface area contributed by atoms with Crippen molar-refractivity contribution in [2.45, 2.75) is 116 Å². The highest BCUT2D eigenvalue weighted by atomic mass is 16.3. The zero-order chi connectivity index (χ0) is 41.3. The van der Waals surface area contributed by atoms with Crippen LogP contribution in [0, 0.1) is 11.8 Å². The molecule has 9 atom stereocenters. The van der Waals surface area contributed by atoms with Gasteiger partial charge in [0.2, 0.25) is 35.4 Å². The van der Waals surface area contributed by atoms with E-state index in [2.05, 4.69) is 31.9 Å². The smallest absolute Gasteiger partial charge is 0.254 e. The van der Waals surface area contributed by atoms with Gasteiger partial charge in [0, 0.05) is 13.0 Å². The fraction of sp³-hybridized carbons (Fsp3) is 0.525. The lowest BCUT2D eigenvalue weighted by molar-refractivity contribution is -0.142. The van der Waals surface area contributed by atoms with Crippen molar-refractivity contribution in [2.75, 3.05) is 11.9 Å². The number of para-hydroxylation sites is 1.